The van der Waals surface area contributed by atoms with Crippen molar-refractivity contribution in [1.82, 2.24) is 10.3 Å². The molecule has 19 heavy (non-hydrogen) atoms. The topological polar surface area (TPSA) is 71.3 Å². The molecular formula is C13H18N4O2. The molecule has 1 N–H and O–H groups in total. The number of pyridine rings is 1. The SMILES string of the molecule is Cc1ccc([N+](=O)[O-])c(N2C[C@@H]3CCCN[C@@H]3C2)n1. The Morgan fingerprint density at radius 2 is 2.32 bits per heavy atom. The highest BCUT2D eigenvalue weighted by Crippen LogP contribution is 2.33. The van der Waals surface area contributed by atoms with Crippen molar-refractivity contribution in [3.05, 3.63) is 27.9 Å². The molecule has 2 aliphatic heterocycles. The molecule has 0 unspecified atom stereocenters. The van der Waals surface area contributed by atoms with Gasteiger partial charge in [0.05, 0.1) is 4.92 Å². The third kappa shape index (κ3) is 2.28. The number of aromatic nitrogens is 1. The van der Waals surface area contributed by atoms with Crippen LogP contribution in [0, 0.1) is 23.0 Å². The van der Waals surface area contributed by atoms with Gasteiger partial charge in [-0.15, -0.1) is 0 Å². The molecule has 0 radical (unpaired) electrons. The average Bonchev–Trinajstić information content (AvgIpc) is 2.81. The van der Waals surface area contributed by atoms with Crippen molar-refractivity contribution in [2.24, 2.45) is 5.92 Å². The van der Waals surface area contributed by atoms with Crippen LogP contribution in [0.2, 0.25) is 0 Å². The third-order valence-electron chi connectivity index (χ3n) is 4.09. The van der Waals surface area contributed by atoms with Gasteiger partial charge in [-0.05, 0) is 38.3 Å². The molecule has 2 atom stereocenters. The minimum absolute atomic E-state index is 0.115. The van der Waals surface area contributed by atoms with Crippen LogP contribution >= 0.6 is 0 Å². The van der Waals surface area contributed by atoms with Gasteiger partial charge >= 0.3 is 5.69 Å². The van der Waals surface area contributed by atoms with E-state index in [-0.39, 0.29) is 10.6 Å². The number of hydrogen-bond donors (Lipinski definition) is 1. The summed E-state index contributed by atoms with van der Waals surface area (Å²) >= 11 is 0. The molecule has 0 aliphatic carbocycles. The van der Waals surface area contributed by atoms with E-state index in [4.69, 9.17) is 0 Å². The van der Waals surface area contributed by atoms with Gasteiger partial charge in [0, 0.05) is 30.9 Å². The van der Waals surface area contributed by atoms with Gasteiger partial charge in [0.25, 0.3) is 0 Å². The van der Waals surface area contributed by atoms with Gasteiger partial charge in [-0.25, -0.2) is 4.98 Å². The van der Waals surface area contributed by atoms with E-state index >= 15 is 0 Å². The molecule has 1 aromatic rings. The van der Waals surface area contributed by atoms with E-state index in [1.165, 1.54) is 12.8 Å². The van der Waals surface area contributed by atoms with Gasteiger partial charge in [-0.1, -0.05) is 0 Å². The predicted octanol–water partition coefficient (Wildman–Crippen LogP) is 1.49. The summed E-state index contributed by atoms with van der Waals surface area (Å²) in [5.74, 6) is 1.12. The van der Waals surface area contributed by atoms with Crippen molar-refractivity contribution in [3.8, 4) is 0 Å². The van der Waals surface area contributed by atoms with E-state index in [1.807, 2.05) is 6.92 Å². The summed E-state index contributed by atoms with van der Waals surface area (Å²) in [5.41, 5.74) is 0.938. The Bertz CT molecular complexity index is 491. The van der Waals surface area contributed by atoms with Crippen LogP contribution < -0.4 is 10.2 Å². The second-order valence-electron chi connectivity index (χ2n) is 5.42. The molecule has 0 amide bonds. The molecule has 6 nitrogen and oxygen atoms in total. The molecular weight excluding hydrogens is 244 g/mol. The van der Waals surface area contributed by atoms with E-state index in [2.05, 4.69) is 15.2 Å². The number of fused-ring (bicyclic) bond motifs is 1. The van der Waals surface area contributed by atoms with Crippen LogP contribution in [-0.4, -0.2) is 35.6 Å². The second-order valence-corrected chi connectivity index (χ2v) is 5.42. The van der Waals surface area contributed by atoms with Crippen LogP contribution in [0.25, 0.3) is 0 Å². The number of piperidine rings is 1. The van der Waals surface area contributed by atoms with E-state index < -0.39 is 0 Å². The number of nitrogens with zero attached hydrogens (tertiary/aromatic N) is 3. The smallest absolute Gasteiger partial charge is 0.311 e. The average molecular weight is 262 g/mol. The van der Waals surface area contributed by atoms with Crippen LogP contribution in [0.1, 0.15) is 18.5 Å². The largest absolute Gasteiger partial charge is 0.349 e. The molecule has 3 heterocycles. The van der Waals surface area contributed by atoms with Crippen molar-refractivity contribution >= 4 is 11.5 Å². The first-order chi connectivity index (χ1) is 9.15. The van der Waals surface area contributed by atoms with E-state index in [0.717, 1.165) is 25.3 Å². The summed E-state index contributed by atoms with van der Waals surface area (Å²) < 4.78 is 0. The molecule has 102 valence electrons. The van der Waals surface area contributed by atoms with Crippen molar-refractivity contribution in [1.29, 1.82) is 0 Å². The second kappa shape index (κ2) is 4.77. The summed E-state index contributed by atoms with van der Waals surface area (Å²) in [6, 6.07) is 3.71. The zero-order valence-electron chi connectivity index (χ0n) is 11.0. The maximum atomic E-state index is 11.1. The molecule has 0 aromatic carbocycles. The fourth-order valence-corrected chi connectivity index (χ4v) is 3.13. The molecule has 3 rings (SSSR count). The first kappa shape index (κ1) is 12.3. The number of rotatable bonds is 2. The first-order valence-electron chi connectivity index (χ1n) is 6.75. The molecule has 0 spiro atoms. The van der Waals surface area contributed by atoms with Gasteiger partial charge in [0.2, 0.25) is 5.82 Å². The summed E-state index contributed by atoms with van der Waals surface area (Å²) in [4.78, 5) is 17.3. The number of anilines is 1. The number of hydrogen-bond acceptors (Lipinski definition) is 5. The van der Waals surface area contributed by atoms with Gasteiger partial charge in [0.1, 0.15) is 0 Å². The lowest BCUT2D eigenvalue weighted by molar-refractivity contribution is -0.384. The number of nitro groups is 1. The van der Waals surface area contributed by atoms with Gasteiger partial charge in [-0.3, -0.25) is 10.1 Å². The molecule has 2 saturated heterocycles. The third-order valence-corrected chi connectivity index (χ3v) is 4.09. The lowest BCUT2D eigenvalue weighted by Crippen LogP contribution is -2.40. The Labute approximate surface area is 112 Å². The van der Waals surface area contributed by atoms with Gasteiger partial charge < -0.3 is 10.2 Å². The van der Waals surface area contributed by atoms with Gasteiger partial charge in [-0.2, -0.15) is 0 Å². The Hall–Kier alpha value is -1.69. The maximum absolute atomic E-state index is 11.1. The summed E-state index contributed by atoms with van der Waals surface area (Å²) in [7, 11) is 0. The zero-order valence-corrected chi connectivity index (χ0v) is 11.0. The molecule has 2 fully saturated rings. The summed E-state index contributed by atoms with van der Waals surface area (Å²) in [6.45, 7) is 4.61. The lowest BCUT2D eigenvalue weighted by Gasteiger charge is -2.24. The fourth-order valence-electron chi connectivity index (χ4n) is 3.13. The Balaban J connectivity index is 1.90. The number of aryl methyl sites for hydroxylation is 1. The quantitative estimate of drug-likeness (QED) is 0.645. The zero-order chi connectivity index (χ0) is 13.4. The highest BCUT2D eigenvalue weighted by molar-refractivity contribution is 5.59. The minimum Gasteiger partial charge on any atom is -0.349 e. The van der Waals surface area contributed by atoms with Crippen LogP contribution in [0.5, 0.6) is 0 Å². The van der Waals surface area contributed by atoms with Crippen LogP contribution in [0.15, 0.2) is 12.1 Å². The molecule has 0 bridgehead atoms. The molecule has 6 heteroatoms. The van der Waals surface area contributed by atoms with Crippen molar-refractivity contribution < 1.29 is 4.92 Å². The van der Waals surface area contributed by atoms with E-state index in [9.17, 15) is 10.1 Å². The predicted molar refractivity (Wildman–Crippen MR) is 72.4 cm³/mol. The van der Waals surface area contributed by atoms with Crippen molar-refractivity contribution in [2.45, 2.75) is 25.8 Å². The minimum atomic E-state index is -0.336. The molecule has 0 saturated carbocycles. The normalized spacial score (nSPS) is 26.3. The highest BCUT2D eigenvalue weighted by Gasteiger charge is 2.37. The Morgan fingerprint density at radius 1 is 1.47 bits per heavy atom. The maximum Gasteiger partial charge on any atom is 0.311 e. The van der Waals surface area contributed by atoms with Crippen molar-refractivity contribution in [2.75, 3.05) is 24.5 Å². The van der Waals surface area contributed by atoms with Gasteiger partial charge in [0.15, 0.2) is 0 Å². The van der Waals surface area contributed by atoms with Crippen molar-refractivity contribution in [3.63, 3.8) is 0 Å². The fraction of sp³-hybridized carbons (Fsp3) is 0.615. The first-order valence-corrected chi connectivity index (χ1v) is 6.75. The standard InChI is InChI=1S/C13H18N4O2/c1-9-4-5-12(17(18)19)13(15-9)16-7-10-3-2-6-14-11(10)8-16/h4-5,10-11,14H,2-3,6-8H2,1H3/t10-,11+/m0/s1. The molecule has 2 aliphatic rings. The van der Waals surface area contributed by atoms with Crippen LogP contribution in [0.4, 0.5) is 11.5 Å². The summed E-state index contributed by atoms with van der Waals surface area (Å²) in [5, 5.41) is 14.6. The van der Waals surface area contributed by atoms with E-state index in [0.29, 0.717) is 17.8 Å². The monoisotopic (exact) mass is 262 g/mol. The molecule has 1 aromatic heterocycles. The van der Waals surface area contributed by atoms with Crippen LogP contribution in [0.3, 0.4) is 0 Å². The van der Waals surface area contributed by atoms with E-state index in [1.54, 1.807) is 12.1 Å². The lowest BCUT2D eigenvalue weighted by atomic mass is 9.94. The highest BCUT2D eigenvalue weighted by atomic mass is 16.6. The number of nitrogens with one attached hydrogen (secondary N) is 1. The summed E-state index contributed by atoms with van der Waals surface area (Å²) in [6.07, 6.45) is 2.39. The van der Waals surface area contributed by atoms with Crippen LogP contribution in [-0.2, 0) is 0 Å². The Morgan fingerprint density at radius 3 is 3.05 bits per heavy atom. The Kier molecular flexibility index (Phi) is 3.10.